The first-order valence-corrected chi connectivity index (χ1v) is 13.5. The van der Waals surface area contributed by atoms with Crippen molar-refractivity contribution >= 4 is 11.8 Å². The molecule has 1 atom stereocenters. The Labute approximate surface area is 225 Å². The van der Waals surface area contributed by atoms with Crippen molar-refractivity contribution in [3.8, 4) is 0 Å². The number of halogens is 3. The van der Waals surface area contributed by atoms with E-state index in [1.54, 1.807) is 0 Å². The van der Waals surface area contributed by atoms with Crippen molar-refractivity contribution in [3.63, 3.8) is 0 Å². The topological polar surface area (TPSA) is 96.1 Å². The summed E-state index contributed by atoms with van der Waals surface area (Å²) in [4.78, 5) is 25.9. The number of piperazine rings is 1. The zero-order valence-electron chi connectivity index (χ0n) is 23.5. The Bertz CT molecular complexity index is 829. The molecule has 1 unspecified atom stereocenters. The fourth-order valence-electron chi connectivity index (χ4n) is 4.43. The number of carbonyl (C=O) groups excluding carboxylic acids is 2. The molecule has 2 fully saturated rings. The van der Waals surface area contributed by atoms with Crippen LogP contribution in [0.5, 0.6) is 0 Å². The lowest BCUT2D eigenvalue weighted by Gasteiger charge is -2.37. The number of amides is 2. The number of aliphatic hydroxyl groups is 1. The van der Waals surface area contributed by atoms with Gasteiger partial charge < -0.3 is 20.5 Å². The van der Waals surface area contributed by atoms with Gasteiger partial charge in [-0.05, 0) is 55.7 Å². The number of carbonyl (C=O) groups is 2. The van der Waals surface area contributed by atoms with Gasteiger partial charge in [0.25, 0.3) is 0 Å². The van der Waals surface area contributed by atoms with E-state index in [1.807, 2.05) is 25.7 Å². The van der Waals surface area contributed by atoms with Crippen LogP contribution in [0.3, 0.4) is 0 Å². The SMILES string of the molecule is CC.CC(CC(=O)N1CCN(Cc2ccc(C(F)(F)F)cc2)CC1)OCC1(C)CCC(O)CC1.CC(N)=O. The van der Waals surface area contributed by atoms with Crippen LogP contribution >= 0.6 is 0 Å². The van der Waals surface area contributed by atoms with Gasteiger partial charge in [-0.2, -0.15) is 13.2 Å². The van der Waals surface area contributed by atoms with Gasteiger partial charge in [0.1, 0.15) is 0 Å². The molecule has 38 heavy (non-hydrogen) atoms. The summed E-state index contributed by atoms with van der Waals surface area (Å²) in [5.41, 5.74) is 4.74. The minimum Gasteiger partial charge on any atom is -0.393 e. The first kappa shape index (κ1) is 33.9. The van der Waals surface area contributed by atoms with Crippen LogP contribution in [-0.2, 0) is 27.0 Å². The Morgan fingerprint density at radius 1 is 1.11 bits per heavy atom. The minimum absolute atomic E-state index is 0.0699. The summed E-state index contributed by atoms with van der Waals surface area (Å²) in [6.45, 7) is 13.2. The molecule has 3 N–H and O–H groups in total. The highest BCUT2D eigenvalue weighted by Gasteiger charge is 2.32. The maximum atomic E-state index is 12.7. The van der Waals surface area contributed by atoms with E-state index in [9.17, 15) is 27.9 Å². The Balaban J connectivity index is 0.00000110. The molecular weight excluding hydrogens is 499 g/mol. The summed E-state index contributed by atoms with van der Waals surface area (Å²) in [6.07, 6.45) is -0.824. The number of hydrogen-bond acceptors (Lipinski definition) is 5. The van der Waals surface area contributed by atoms with Gasteiger partial charge in [-0.15, -0.1) is 0 Å². The van der Waals surface area contributed by atoms with Gasteiger partial charge in [-0.25, -0.2) is 0 Å². The molecule has 1 aliphatic carbocycles. The van der Waals surface area contributed by atoms with Crippen molar-refractivity contribution < 1.29 is 32.6 Å². The standard InChI is InChI=1S/C24H35F3N2O3.C2H5NO.C2H6/c1-18(32-17-23(2)9-7-21(30)8-10-23)15-22(31)29-13-11-28(12-14-29)16-19-3-5-20(6-4-19)24(25,26)27;1-2(3)4;1-2/h3-6,18,21,30H,7-17H2,1-2H3;1H3,(H2,3,4);1-2H3. The number of aliphatic hydroxyl groups excluding tert-OH is 1. The van der Waals surface area contributed by atoms with Crippen LogP contribution in [0.4, 0.5) is 13.2 Å². The van der Waals surface area contributed by atoms with Crippen LogP contribution < -0.4 is 5.73 Å². The van der Waals surface area contributed by atoms with Crippen LogP contribution in [0.25, 0.3) is 0 Å². The molecule has 1 aliphatic heterocycles. The molecule has 3 rings (SSSR count). The van der Waals surface area contributed by atoms with E-state index >= 15 is 0 Å². The zero-order valence-corrected chi connectivity index (χ0v) is 23.5. The molecule has 1 heterocycles. The molecule has 10 heteroatoms. The number of hydrogen-bond donors (Lipinski definition) is 2. The molecule has 1 aromatic rings. The van der Waals surface area contributed by atoms with E-state index in [4.69, 9.17) is 4.74 Å². The molecular formula is C28H46F3N3O4. The molecule has 0 radical (unpaired) electrons. The molecule has 7 nitrogen and oxygen atoms in total. The van der Waals surface area contributed by atoms with Crippen molar-refractivity contribution in [1.29, 1.82) is 0 Å². The van der Waals surface area contributed by atoms with Crippen molar-refractivity contribution in [3.05, 3.63) is 35.4 Å². The third-order valence-electron chi connectivity index (χ3n) is 6.75. The van der Waals surface area contributed by atoms with Gasteiger partial charge >= 0.3 is 6.18 Å². The van der Waals surface area contributed by atoms with Crippen molar-refractivity contribution in [2.75, 3.05) is 32.8 Å². The molecule has 218 valence electrons. The molecule has 0 bridgehead atoms. The Hall–Kier alpha value is -2.17. The highest BCUT2D eigenvalue weighted by atomic mass is 19.4. The number of rotatable bonds is 7. The summed E-state index contributed by atoms with van der Waals surface area (Å²) < 4.78 is 44.1. The lowest BCUT2D eigenvalue weighted by molar-refractivity contribution is -0.138. The lowest BCUT2D eigenvalue weighted by Crippen LogP contribution is -2.48. The fourth-order valence-corrected chi connectivity index (χ4v) is 4.43. The van der Waals surface area contributed by atoms with Gasteiger partial charge in [0.05, 0.1) is 30.8 Å². The molecule has 1 saturated heterocycles. The summed E-state index contributed by atoms with van der Waals surface area (Å²) in [6, 6.07) is 5.28. The van der Waals surface area contributed by atoms with E-state index in [0.717, 1.165) is 43.4 Å². The van der Waals surface area contributed by atoms with Crippen LogP contribution in [0.15, 0.2) is 24.3 Å². The number of benzene rings is 1. The quantitative estimate of drug-likeness (QED) is 0.522. The fraction of sp³-hybridized carbons (Fsp3) is 0.714. The average molecular weight is 546 g/mol. The number of primary amides is 1. The maximum Gasteiger partial charge on any atom is 0.416 e. The molecule has 2 aliphatic rings. The predicted molar refractivity (Wildman–Crippen MR) is 142 cm³/mol. The molecule has 1 aromatic carbocycles. The Morgan fingerprint density at radius 3 is 2.08 bits per heavy atom. The maximum absolute atomic E-state index is 12.7. The summed E-state index contributed by atoms with van der Waals surface area (Å²) in [5.74, 6) is -0.254. The third-order valence-corrected chi connectivity index (χ3v) is 6.75. The first-order valence-electron chi connectivity index (χ1n) is 13.5. The second-order valence-corrected chi connectivity index (χ2v) is 10.3. The Kier molecular flexibility index (Phi) is 14.3. The van der Waals surface area contributed by atoms with Crippen molar-refractivity contribution in [2.45, 2.75) is 91.7 Å². The van der Waals surface area contributed by atoms with Crippen LogP contribution in [0.1, 0.15) is 77.8 Å². The predicted octanol–water partition coefficient (Wildman–Crippen LogP) is 4.60. The molecule has 2 amide bonds. The van der Waals surface area contributed by atoms with E-state index in [2.05, 4.69) is 17.6 Å². The normalized spacial score (nSPS) is 22.9. The van der Waals surface area contributed by atoms with E-state index < -0.39 is 11.7 Å². The van der Waals surface area contributed by atoms with E-state index in [1.165, 1.54) is 19.1 Å². The van der Waals surface area contributed by atoms with Crippen LogP contribution in [0, 0.1) is 5.41 Å². The van der Waals surface area contributed by atoms with Gasteiger partial charge in [0, 0.05) is 39.6 Å². The van der Waals surface area contributed by atoms with Crippen molar-refractivity contribution in [2.24, 2.45) is 11.1 Å². The number of ether oxygens (including phenoxy) is 1. The number of nitrogens with two attached hydrogens (primary N) is 1. The average Bonchev–Trinajstić information content (AvgIpc) is 2.86. The van der Waals surface area contributed by atoms with Crippen molar-refractivity contribution in [1.82, 2.24) is 9.80 Å². The second kappa shape index (κ2) is 16.1. The number of alkyl halides is 3. The molecule has 1 saturated carbocycles. The van der Waals surface area contributed by atoms with Gasteiger partial charge in [0.15, 0.2) is 0 Å². The minimum atomic E-state index is -4.32. The highest BCUT2D eigenvalue weighted by Crippen LogP contribution is 2.36. The monoisotopic (exact) mass is 545 g/mol. The summed E-state index contributed by atoms with van der Waals surface area (Å²) in [5, 5.41) is 9.69. The number of nitrogens with zero attached hydrogens (tertiary/aromatic N) is 2. The first-order chi connectivity index (χ1) is 17.8. The van der Waals surface area contributed by atoms with Crippen LogP contribution in [-0.4, -0.2) is 71.7 Å². The highest BCUT2D eigenvalue weighted by molar-refractivity contribution is 5.76. The molecule has 0 aromatic heterocycles. The van der Waals surface area contributed by atoms with E-state index in [-0.39, 0.29) is 29.4 Å². The van der Waals surface area contributed by atoms with Gasteiger partial charge in [-0.3, -0.25) is 14.5 Å². The molecule has 0 spiro atoms. The Morgan fingerprint density at radius 2 is 1.61 bits per heavy atom. The van der Waals surface area contributed by atoms with E-state index in [0.29, 0.717) is 45.8 Å². The van der Waals surface area contributed by atoms with Crippen LogP contribution in [0.2, 0.25) is 0 Å². The summed E-state index contributed by atoms with van der Waals surface area (Å²) in [7, 11) is 0. The van der Waals surface area contributed by atoms with Gasteiger partial charge in [0.2, 0.25) is 11.8 Å². The third kappa shape index (κ3) is 12.6. The summed E-state index contributed by atoms with van der Waals surface area (Å²) >= 11 is 0. The van der Waals surface area contributed by atoms with Gasteiger partial charge in [-0.1, -0.05) is 32.9 Å². The largest absolute Gasteiger partial charge is 0.416 e. The lowest BCUT2D eigenvalue weighted by atomic mass is 9.75. The second-order valence-electron chi connectivity index (χ2n) is 10.3. The smallest absolute Gasteiger partial charge is 0.393 e. The zero-order chi connectivity index (χ0) is 28.9.